The van der Waals surface area contributed by atoms with Gasteiger partial charge in [-0.3, -0.25) is 4.79 Å². The number of esters is 1. The van der Waals surface area contributed by atoms with Gasteiger partial charge in [0, 0.05) is 22.2 Å². The molecule has 1 amide bonds. The predicted molar refractivity (Wildman–Crippen MR) is 158 cm³/mol. The van der Waals surface area contributed by atoms with Gasteiger partial charge in [-0.15, -0.1) is 0 Å². The summed E-state index contributed by atoms with van der Waals surface area (Å²) in [6.07, 6.45) is 1.82. The quantitative estimate of drug-likeness (QED) is 0.229. The zero-order chi connectivity index (χ0) is 28.6. The van der Waals surface area contributed by atoms with E-state index < -0.39 is 12.1 Å². The van der Waals surface area contributed by atoms with Crippen LogP contribution in [0, 0.1) is 13.8 Å². The molecule has 1 heterocycles. The van der Waals surface area contributed by atoms with Gasteiger partial charge in [-0.2, -0.15) is 0 Å². The molecule has 3 aromatic carbocycles. The number of rotatable bonds is 9. The summed E-state index contributed by atoms with van der Waals surface area (Å²) in [5.74, 6) is 0.807. The Morgan fingerprint density at radius 3 is 2.38 bits per heavy atom. The first kappa shape index (κ1) is 27.5. The highest BCUT2D eigenvalue weighted by Gasteiger charge is 2.24. The van der Waals surface area contributed by atoms with Crippen molar-refractivity contribution < 1.29 is 19.1 Å². The Hall–Kier alpha value is -4.06. The third-order valence-electron chi connectivity index (χ3n) is 8.21. The van der Waals surface area contributed by atoms with Crippen LogP contribution in [0.5, 0.6) is 5.75 Å². The molecule has 0 bridgehead atoms. The molecule has 5 rings (SSSR count). The number of aromatic nitrogens is 1. The summed E-state index contributed by atoms with van der Waals surface area (Å²) in [4.78, 5) is 25.1. The van der Waals surface area contributed by atoms with Crippen molar-refractivity contribution in [1.82, 2.24) is 9.88 Å². The fourth-order valence-corrected chi connectivity index (χ4v) is 5.52. The molecule has 3 unspecified atom stereocenters. The Kier molecular flexibility index (Phi) is 7.70. The molecule has 1 aromatic heterocycles. The molecule has 0 radical (unpaired) electrons. The maximum atomic E-state index is 13.3. The molecular weight excluding hydrogens is 500 g/mol. The van der Waals surface area contributed by atoms with Crippen molar-refractivity contribution >= 4 is 22.8 Å². The Labute approximate surface area is 236 Å². The van der Waals surface area contributed by atoms with E-state index in [0.717, 1.165) is 33.3 Å². The number of methoxy groups -OCH3 is 1. The van der Waals surface area contributed by atoms with Crippen molar-refractivity contribution in [3.05, 3.63) is 100 Å². The van der Waals surface area contributed by atoms with E-state index in [1.54, 1.807) is 6.92 Å². The normalized spacial score (nSPS) is 15.3. The van der Waals surface area contributed by atoms with E-state index in [2.05, 4.69) is 61.0 Å². The van der Waals surface area contributed by atoms with Crippen molar-refractivity contribution in [2.24, 2.45) is 0 Å². The van der Waals surface area contributed by atoms with Gasteiger partial charge >= 0.3 is 5.97 Å². The number of amides is 1. The summed E-state index contributed by atoms with van der Waals surface area (Å²) in [6, 6.07) is 22.3. The van der Waals surface area contributed by atoms with Crippen LogP contribution in [0.1, 0.15) is 89.9 Å². The largest absolute Gasteiger partial charge is 0.479 e. The highest BCUT2D eigenvalue weighted by molar-refractivity contribution is 5.99. The summed E-state index contributed by atoms with van der Waals surface area (Å²) < 4.78 is 12.9. The second-order valence-corrected chi connectivity index (χ2v) is 11.0. The first-order valence-corrected chi connectivity index (χ1v) is 14.0. The number of carbonyl (C=O) groups excluding carboxylic acids is 2. The molecule has 4 aromatic rings. The molecule has 3 atom stereocenters. The summed E-state index contributed by atoms with van der Waals surface area (Å²) in [5.41, 5.74) is 7.57. The topological polar surface area (TPSA) is 69.6 Å². The second-order valence-electron chi connectivity index (χ2n) is 11.0. The van der Waals surface area contributed by atoms with E-state index in [-0.39, 0.29) is 18.0 Å². The number of carbonyl (C=O) groups is 2. The number of nitrogens with one attached hydrogen (secondary N) is 1. The van der Waals surface area contributed by atoms with Crippen LogP contribution in [0.25, 0.3) is 10.9 Å². The third-order valence-corrected chi connectivity index (χ3v) is 8.21. The SMILES string of the molecule is COC(=O)C(C)Oc1cccc(C(C)n2c(C)c(C)c3cc(C(=O)NC(C)c4cccc(C5CC5)c4)ccc32)c1. The van der Waals surface area contributed by atoms with Gasteiger partial charge in [-0.05, 0) is 106 Å². The Balaban J connectivity index is 1.38. The predicted octanol–water partition coefficient (Wildman–Crippen LogP) is 7.18. The molecule has 1 aliphatic carbocycles. The summed E-state index contributed by atoms with van der Waals surface area (Å²) in [7, 11) is 1.35. The van der Waals surface area contributed by atoms with Crippen LogP contribution in [-0.4, -0.2) is 29.7 Å². The molecular formula is C34H38N2O4. The molecule has 6 heteroatoms. The van der Waals surface area contributed by atoms with Crippen molar-refractivity contribution in [1.29, 1.82) is 0 Å². The highest BCUT2D eigenvalue weighted by Crippen LogP contribution is 2.40. The van der Waals surface area contributed by atoms with Crippen molar-refractivity contribution in [2.45, 2.75) is 71.6 Å². The van der Waals surface area contributed by atoms with Gasteiger partial charge < -0.3 is 19.4 Å². The lowest BCUT2D eigenvalue weighted by Crippen LogP contribution is -2.26. The van der Waals surface area contributed by atoms with Gasteiger partial charge in [-0.25, -0.2) is 4.79 Å². The van der Waals surface area contributed by atoms with E-state index in [4.69, 9.17) is 9.47 Å². The van der Waals surface area contributed by atoms with Crippen LogP contribution in [-0.2, 0) is 9.53 Å². The van der Waals surface area contributed by atoms with Crippen LogP contribution >= 0.6 is 0 Å². The number of ether oxygens (including phenoxy) is 2. The first-order valence-electron chi connectivity index (χ1n) is 14.0. The molecule has 40 heavy (non-hydrogen) atoms. The lowest BCUT2D eigenvalue weighted by molar-refractivity contribution is -0.147. The second kappa shape index (κ2) is 11.2. The van der Waals surface area contributed by atoms with E-state index >= 15 is 0 Å². The van der Waals surface area contributed by atoms with Crippen molar-refractivity contribution in [3.63, 3.8) is 0 Å². The third kappa shape index (κ3) is 5.48. The standard InChI is InChI=1S/C34H38N2O4/c1-20-22(3)36(23(4)27-10-8-12-30(18-27)40-24(5)34(38)39-6)32-16-15-29(19-31(20)32)33(37)35-21(2)26-9-7-11-28(17-26)25-13-14-25/h7-12,15-19,21,23-25H,13-14H2,1-6H3,(H,35,37). The lowest BCUT2D eigenvalue weighted by Gasteiger charge is -2.20. The zero-order valence-electron chi connectivity index (χ0n) is 24.2. The maximum Gasteiger partial charge on any atom is 0.346 e. The number of hydrogen-bond acceptors (Lipinski definition) is 4. The van der Waals surface area contributed by atoms with Crippen LogP contribution in [0.15, 0.2) is 66.7 Å². The fraction of sp³-hybridized carbons (Fsp3) is 0.353. The van der Waals surface area contributed by atoms with E-state index in [1.807, 2.05) is 43.3 Å². The zero-order valence-corrected chi connectivity index (χ0v) is 24.2. The molecule has 1 fully saturated rings. The fourth-order valence-electron chi connectivity index (χ4n) is 5.52. The van der Waals surface area contributed by atoms with Gasteiger partial charge in [0.05, 0.1) is 19.2 Å². The lowest BCUT2D eigenvalue weighted by atomic mass is 10.0. The Bertz CT molecular complexity index is 1570. The summed E-state index contributed by atoms with van der Waals surface area (Å²) >= 11 is 0. The van der Waals surface area contributed by atoms with E-state index in [9.17, 15) is 9.59 Å². The highest BCUT2D eigenvalue weighted by atomic mass is 16.6. The monoisotopic (exact) mass is 538 g/mol. The van der Waals surface area contributed by atoms with Gasteiger partial charge in [0.2, 0.25) is 0 Å². The summed E-state index contributed by atoms with van der Waals surface area (Å²) in [6.45, 7) is 10.1. The minimum absolute atomic E-state index is 0.00613. The molecule has 0 aliphatic heterocycles. The molecule has 0 spiro atoms. The Morgan fingerprint density at radius 1 is 0.925 bits per heavy atom. The minimum atomic E-state index is -0.693. The average molecular weight is 539 g/mol. The number of hydrogen-bond donors (Lipinski definition) is 1. The van der Waals surface area contributed by atoms with Crippen molar-refractivity contribution in [3.8, 4) is 5.75 Å². The number of fused-ring (bicyclic) bond motifs is 1. The number of benzene rings is 3. The number of aryl methyl sites for hydroxylation is 1. The van der Waals surface area contributed by atoms with Gasteiger partial charge in [0.15, 0.2) is 6.10 Å². The molecule has 1 N–H and O–H groups in total. The van der Waals surface area contributed by atoms with Crippen LogP contribution in [0.3, 0.4) is 0 Å². The van der Waals surface area contributed by atoms with Gasteiger partial charge in [0.25, 0.3) is 5.91 Å². The smallest absolute Gasteiger partial charge is 0.346 e. The Morgan fingerprint density at radius 2 is 1.65 bits per heavy atom. The maximum absolute atomic E-state index is 13.3. The van der Waals surface area contributed by atoms with Crippen LogP contribution in [0.2, 0.25) is 0 Å². The minimum Gasteiger partial charge on any atom is -0.479 e. The molecule has 1 aliphatic rings. The van der Waals surface area contributed by atoms with E-state index in [1.165, 1.54) is 25.5 Å². The van der Waals surface area contributed by atoms with Gasteiger partial charge in [-0.1, -0.05) is 36.4 Å². The molecule has 208 valence electrons. The van der Waals surface area contributed by atoms with Crippen LogP contribution < -0.4 is 10.1 Å². The van der Waals surface area contributed by atoms with E-state index in [0.29, 0.717) is 17.2 Å². The average Bonchev–Trinajstić information content (AvgIpc) is 3.79. The van der Waals surface area contributed by atoms with Gasteiger partial charge in [0.1, 0.15) is 5.75 Å². The summed E-state index contributed by atoms with van der Waals surface area (Å²) in [5, 5.41) is 4.26. The van der Waals surface area contributed by atoms with Crippen LogP contribution in [0.4, 0.5) is 0 Å². The first-order chi connectivity index (χ1) is 19.2. The molecule has 0 saturated heterocycles. The molecule has 1 saturated carbocycles. The molecule has 6 nitrogen and oxygen atoms in total. The number of nitrogens with zero attached hydrogens (tertiary/aromatic N) is 1. The van der Waals surface area contributed by atoms with Crippen molar-refractivity contribution in [2.75, 3.05) is 7.11 Å².